The first-order valence-electron chi connectivity index (χ1n) is 4.92. The molecule has 2 rings (SSSR count). The van der Waals surface area contributed by atoms with Crippen LogP contribution in [0.25, 0.3) is 11.0 Å². The molecule has 0 aliphatic carbocycles. The van der Waals surface area contributed by atoms with E-state index in [4.69, 9.17) is 0 Å². The Bertz CT molecular complexity index is 573. The van der Waals surface area contributed by atoms with Crippen molar-refractivity contribution in [2.45, 2.75) is 20.3 Å². The van der Waals surface area contributed by atoms with E-state index in [1.54, 1.807) is 31.2 Å². The maximum Gasteiger partial charge on any atom is 0.290 e. The van der Waals surface area contributed by atoms with Gasteiger partial charge in [0.05, 0.1) is 4.43 Å². The lowest BCUT2D eigenvalue weighted by atomic mass is 10.2. The molecule has 0 aliphatic rings. The fraction of sp³-hybridized carbons (Fsp3) is 0.273. The molecule has 0 amide bonds. The molecule has 1 N–H and O–H groups in total. The van der Waals surface area contributed by atoms with E-state index in [0.29, 0.717) is 28.8 Å². The maximum absolute atomic E-state index is 11.9. The third-order valence-corrected chi connectivity index (χ3v) is 2.64. The van der Waals surface area contributed by atoms with Crippen LogP contribution >= 0.6 is 0 Å². The summed E-state index contributed by atoms with van der Waals surface area (Å²) in [4.78, 5) is 11.9. The van der Waals surface area contributed by atoms with Gasteiger partial charge in [0.1, 0.15) is 5.69 Å². The summed E-state index contributed by atoms with van der Waals surface area (Å²) in [5.41, 5.74) is 2.20. The molecule has 2 aromatic rings. The van der Waals surface area contributed by atoms with E-state index in [1.807, 2.05) is 6.92 Å². The molecular weight excluding hydrogens is 192 g/mol. The predicted octanol–water partition coefficient (Wildman–Crippen LogP) is 1.66. The van der Waals surface area contributed by atoms with E-state index < -0.39 is 0 Å². The largest absolute Gasteiger partial charge is 0.428 e. The van der Waals surface area contributed by atoms with Crippen LogP contribution in [0.15, 0.2) is 24.3 Å². The quantitative estimate of drug-likeness (QED) is 0.568. The third-order valence-electron chi connectivity index (χ3n) is 2.64. The average Bonchev–Trinajstić information content (AvgIpc) is 2.27. The van der Waals surface area contributed by atoms with Crippen LogP contribution in [0.5, 0.6) is 0 Å². The van der Waals surface area contributed by atoms with Gasteiger partial charge in [0.15, 0.2) is 5.52 Å². The highest BCUT2D eigenvalue weighted by atomic mass is 16.5. The number of para-hydroxylation sites is 2. The Labute approximate surface area is 87.0 Å². The van der Waals surface area contributed by atoms with Gasteiger partial charge in [0.25, 0.3) is 11.2 Å². The molecule has 0 saturated heterocycles. The molecule has 0 unspecified atom stereocenters. The Kier molecular flexibility index (Phi) is 2.19. The van der Waals surface area contributed by atoms with Crippen molar-refractivity contribution in [2.24, 2.45) is 0 Å². The zero-order chi connectivity index (χ0) is 11.0. The second kappa shape index (κ2) is 3.38. The first-order valence-corrected chi connectivity index (χ1v) is 4.92. The Balaban J connectivity index is 3.03. The fourth-order valence-electron chi connectivity index (χ4n) is 1.81. The molecular formula is C11H13N2O2+. The minimum atomic E-state index is 0.488. The van der Waals surface area contributed by atoms with Gasteiger partial charge in [-0.2, -0.15) is 4.73 Å². The lowest BCUT2D eigenvalue weighted by Gasteiger charge is -2.04. The molecule has 0 spiro atoms. The molecule has 78 valence electrons. The molecule has 4 nitrogen and oxygen atoms in total. The van der Waals surface area contributed by atoms with Gasteiger partial charge >= 0.3 is 0 Å². The highest BCUT2D eigenvalue weighted by Gasteiger charge is 2.19. The van der Waals surface area contributed by atoms with E-state index in [0.717, 1.165) is 9.16 Å². The molecule has 0 radical (unpaired) electrons. The lowest BCUT2D eigenvalue weighted by Crippen LogP contribution is -2.26. The van der Waals surface area contributed by atoms with E-state index in [9.17, 15) is 10.1 Å². The second-order valence-electron chi connectivity index (χ2n) is 3.48. The van der Waals surface area contributed by atoms with Gasteiger partial charge in [0.2, 0.25) is 0 Å². The molecule has 1 heterocycles. The summed E-state index contributed by atoms with van der Waals surface area (Å²) in [6, 6.07) is 7.00. The van der Waals surface area contributed by atoms with Crippen LogP contribution in [0.1, 0.15) is 18.3 Å². The summed E-state index contributed by atoms with van der Waals surface area (Å²) in [6.07, 6.45) is 0.598. The molecule has 0 atom stereocenters. The Morgan fingerprint density at radius 3 is 2.73 bits per heavy atom. The molecule has 0 aliphatic heterocycles. The lowest BCUT2D eigenvalue weighted by molar-refractivity contribution is -0.476. The van der Waals surface area contributed by atoms with Crippen molar-refractivity contribution in [1.29, 1.82) is 0 Å². The fourth-order valence-corrected chi connectivity index (χ4v) is 1.81. The van der Waals surface area contributed by atoms with Crippen molar-refractivity contribution < 1.29 is 9.63 Å². The van der Waals surface area contributed by atoms with Gasteiger partial charge in [0, 0.05) is 17.4 Å². The minimum Gasteiger partial charge on any atom is -0.428 e. The van der Waals surface area contributed by atoms with Crippen molar-refractivity contribution in [3.05, 3.63) is 40.6 Å². The smallest absolute Gasteiger partial charge is 0.290 e. The summed E-state index contributed by atoms with van der Waals surface area (Å²) >= 11 is 0. The topological polar surface area (TPSA) is 48.1 Å². The molecule has 1 aromatic carbocycles. The first kappa shape index (κ1) is 9.71. The van der Waals surface area contributed by atoms with Crippen molar-refractivity contribution >= 4 is 11.0 Å². The monoisotopic (exact) mass is 205 g/mol. The zero-order valence-electron chi connectivity index (χ0n) is 8.77. The number of hydrogen-bond donors (Lipinski definition) is 1. The van der Waals surface area contributed by atoms with Gasteiger partial charge in [-0.15, -0.1) is 0 Å². The van der Waals surface area contributed by atoms with Gasteiger partial charge in [-0.3, -0.25) is 0 Å². The van der Waals surface area contributed by atoms with Crippen LogP contribution in [0.2, 0.25) is 0 Å². The van der Waals surface area contributed by atoms with Gasteiger partial charge in [-0.05, 0) is 13.0 Å². The van der Waals surface area contributed by atoms with E-state index >= 15 is 0 Å². The van der Waals surface area contributed by atoms with E-state index in [-0.39, 0.29) is 0 Å². The number of hydrogen-bond acceptors (Lipinski definition) is 2. The summed E-state index contributed by atoms with van der Waals surface area (Å²) in [6.45, 7) is 3.63. The standard InChI is InChI=1S/C11H13N2O2/c1-3-9-8(2)12(14)10-6-4-5-7-11(10)13(9)15/h4-7,14H,3H2,1-2H3/q+1. The summed E-state index contributed by atoms with van der Waals surface area (Å²) in [5.74, 6) is 0. The van der Waals surface area contributed by atoms with E-state index in [2.05, 4.69) is 0 Å². The molecule has 15 heavy (non-hydrogen) atoms. The minimum absolute atomic E-state index is 0.488. The number of aromatic nitrogens is 2. The summed E-state index contributed by atoms with van der Waals surface area (Å²) in [7, 11) is 0. The van der Waals surface area contributed by atoms with Crippen LogP contribution in [-0.2, 0) is 6.42 Å². The van der Waals surface area contributed by atoms with Crippen molar-refractivity contribution in [2.75, 3.05) is 0 Å². The third kappa shape index (κ3) is 1.29. The van der Waals surface area contributed by atoms with Gasteiger partial charge in [-0.1, -0.05) is 19.1 Å². The first-order chi connectivity index (χ1) is 7.16. The maximum atomic E-state index is 11.9. The van der Waals surface area contributed by atoms with Gasteiger partial charge in [-0.25, -0.2) is 0 Å². The van der Waals surface area contributed by atoms with Crippen LogP contribution in [0, 0.1) is 11.8 Å². The highest BCUT2D eigenvalue weighted by molar-refractivity contribution is 5.71. The Morgan fingerprint density at radius 1 is 1.40 bits per heavy atom. The van der Waals surface area contributed by atoms with E-state index in [1.165, 1.54) is 0 Å². The van der Waals surface area contributed by atoms with Crippen LogP contribution < -0.4 is 4.43 Å². The number of nitrogens with zero attached hydrogens (tertiary/aromatic N) is 2. The Hall–Kier alpha value is -1.84. The number of benzene rings is 1. The van der Waals surface area contributed by atoms with Crippen molar-refractivity contribution in [3.8, 4) is 0 Å². The predicted molar refractivity (Wildman–Crippen MR) is 56.6 cm³/mol. The molecule has 0 fully saturated rings. The SMILES string of the molecule is CCc1c(C)n(O)c2ccccc2[n+]1=O. The number of rotatable bonds is 1. The molecule has 1 aromatic heterocycles. The molecule has 4 heteroatoms. The van der Waals surface area contributed by atoms with Crippen LogP contribution in [0.4, 0.5) is 0 Å². The highest BCUT2D eigenvalue weighted by Crippen LogP contribution is 2.12. The summed E-state index contributed by atoms with van der Waals surface area (Å²) in [5, 5.41) is 9.86. The average molecular weight is 205 g/mol. The molecule has 0 bridgehead atoms. The van der Waals surface area contributed by atoms with Crippen molar-refractivity contribution in [1.82, 2.24) is 4.73 Å². The van der Waals surface area contributed by atoms with Crippen LogP contribution in [0.3, 0.4) is 0 Å². The number of fused-ring (bicyclic) bond motifs is 1. The van der Waals surface area contributed by atoms with Crippen molar-refractivity contribution in [3.63, 3.8) is 0 Å². The molecule has 0 saturated carbocycles. The summed E-state index contributed by atoms with van der Waals surface area (Å²) < 4.78 is 1.96. The second-order valence-corrected chi connectivity index (χ2v) is 3.48. The zero-order valence-corrected chi connectivity index (χ0v) is 8.77. The van der Waals surface area contributed by atoms with Gasteiger partial charge < -0.3 is 5.21 Å². The normalized spacial score (nSPS) is 10.8. The Morgan fingerprint density at radius 2 is 2.07 bits per heavy atom. The van der Waals surface area contributed by atoms with Crippen LogP contribution in [-0.4, -0.2) is 9.94 Å².